The van der Waals surface area contributed by atoms with Gasteiger partial charge in [0.05, 0.1) is 9.88 Å². The Morgan fingerprint density at radius 3 is 2.26 bits per heavy atom. The van der Waals surface area contributed by atoms with E-state index in [4.69, 9.17) is 5.21 Å². The summed E-state index contributed by atoms with van der Waals surface area (Å²) in [4.78, 5) is 9.64. The van der Waals surface area contributed by atoms with Crippen LogP contribution in [0.25, 0.3) is 10.4 Å². The van der Waals surface area contributed by atoms with E-state index in [0.29, 0.717) is 0 Å². The molecule has 6 heteroatoms. The van der Waals surface area contributed by atoms with Crippen LogP contribution < -0.4 is 5.73 Å². The van der Waals surface area contributed by atoms with Crippen LogP contribution in [0.2, 0.25) is 0 Å². The van der Waals surface area contributed by atoms with Crippen molar-refractivity contribution in [3.8, 4) is 10.4 Å². The van der Waals surface area contributed by atoms with Gasteiger partial charge in [-0.15, -0.1) is 16.5 Å². The Bertz CT molecular complexity index is 488. The van der Waals surface area contributed by atoms with Gasteiger partial charge >= 0.3 is 0 Å². The summed E-state index contributed by atoms with van der Waals surface area (Å²) in [6.07, 6.45) is 5.04. The molecule has 0 spiro atoms. The van der Waals surface area contributed by atoms with E-state index in [1.165, 1.54) is 11.1 Å². The van der Waals surface area contributed by atoms with Gasteiger partial charge in [0.1, 0.15) is 0 Å². The summed E-state index contributed by atoms with van der Waals surface area (Å²) in [6, 6.07) is 4.10. The van der Waals surface area contributed by atoms with E-state index in [0.717, 1.165) is 16.3 Å². The van der Waals surface area contributed by atoms with Gasteiger partial charge in [0.2, 0.25) is 0 Å². The molecule has 102 valence electrons. The van der Waals surface area contributed by atoms with E-state index in [9.17, 15) is 0 Å². The number of oxime groups is 1. The van der Waals surface area contributed by atoms with Crippen molar-refractivity contribution in [3.05, 3.63) is 48.0 Å². The average molecular weight is 278 g/mol. The second-order valence-corrected chi connectivity index (χ2v) is 4.54. The normalized spacial score (nSPS) is 8.32. The Hall–Kier alpha value is -2.21. The monoisotopic (exact) mass is 278 g/mol. The highest BCUT2D eigenvalue weighted by Gasteiger charge is 2.00. The van der Waals surface area contributed by atoms with Crippen LogP contribution in [-0.2, 0) is 0 Å². The first kappa shape index (κ1) is 16.8. The lowest BCUT2D eigenvalue weighted by molar-refractivity contribution is 0.323. The van der Waals surface area contributed by atoms with Gasteiger partial charge < -0.3 is 10.9 Å². The third-order valence-corrected chi connectivity index (χ3v) is 2.78. The number of thiazole rings is 1. The summed E-state index contributed by atoms with van der Waals surface area (Å²) >= 11 is 1.70. The maximum Gasteiger partial charge on any atom is 0.0900 e. The molecule has 2 aromatic rings. The zero-order valence-electron chi connectivity index (χ0n) is 11.1. The first-order chi connectivity index (χ1) is 9.08. The van der Waals surface area contributed by atoms with Crippen molar-refractivity contribution in [1.29, 1.82) is 0 Å². The minimum Gasteiger partial charge on any atom is -0.411 e. The number of rotatable bonds is 1. The van der Waals surface area contributed by atoms with E-state index < -0.39 is 0 Å². The molecule has 0 bridgehead atoms. The Morgan fingerprint density at radius 1 is 1.32 bits per heavy atom. The third-order valence-electron chi connectivity index (χ3n) is 1.82. The van der Waals surface area contributed by atoms with Crippen molar-refractivity contribution >= 4 is 18.1 Å². The number of pyridine rings is 1. The predicted molar refractivity (Wildman–Crippen MR) is 80.5 cm³/mol. The number of aryl methyl sites for hydroxylation is 2. The molecule has 0 aliphatic rings. The van der Waals surface area contributed by atoms with Crippen LogP contribution in [0, 0.1) is 13.8 Å². The van der Waals surface area contributed by atoms with Gasteiger partial charge in [0, 0.05) is 30.4 Å². The molecular formula is C13H18N4OS. The summed E-state index contributed by atoms with van der Waals surface area (Å²) in [6.45, 7) is 9.80. The van der Waals surface area contributed by atoms with Gasteiger partial charge in [-0.1, -0.05) is 12.6 Å². The topological polar surface area (TPSA) is 84.4 Å². The lowest BCUT2D eigenvalue weighted by atomic mass is 10.2. The molecule has 0 atom stereocenters. The zero-order chi connectivity index (χ0) is 14.7. The molecule has 0 unspecified atom stereocenters. The molecule has 0 aliphatic carbocycles. The second-order valence-electron chi connectivity index (χ2n) is 3.31. The van der Waals surface area contributed by atoms with Crippen molar-refractivity contribution < 1.29 is 5.21 Å². The molecule has 0 aromatic carbocycles. The molecule has 0 saturated heterocycles. The van der Waals surface area contributed by atoms with Gasteiger partial charge in [-0.05, 0) is 26.1 Å². The molecule has 5 nitrogen and oxygen atoms in total. The molecule has 3 N–H and O–H groups in total. The molecule has 0 fully saturated rings. The molecule has 19 heavy (non-hydrogen) atoms. The Morgan fingerprint density at radius 2 is 1.89 bits per heavy atom. The number of nitrogens with zero attached hydrogens (tertiary/aromatic N) is 3. The highest BCUT2D eigenvalue weighted by atomic mass is 32.1. The van der Waals surface area contributed by atoms with E-state index in [-0.39, 0.29) is 0 Å². The quantitative estimate of drug-likeness (QED) is 0.477. The third kappa shape index (κ3) is 6.95. The Kier molecular flexibility index (Phi) is 8.64. The standard InChI is InChI=1S/C10H10N2S.C2H5N.CH3NO/c1-7-3-4-9(5-11-7)10-6-12-8(2)13-10;2*1-2-3/h3-6H,1-2H3;2H,1,3H2;3H,1H2. The fourth-order valence-corrected chi connectivity index (χ4v) is 1.88. The van der Waals surface area contributed by atoms with Crippen LogP contribution in [0.4, 0.5) is 0 Å². The molecule has 2 aromatic heterocycles. The lowest BCUT2D eigenvalue weighted by Crippen LogP contribution is -1.79. The van der Waals surface area contributed by atoms with Crippen molar-refractivity contribution in [2.75, 3.05) is 0 Å². The number of nitrogens with two attached hydrogens (primary N) is 1. The summed E-state index contributed by atoms with van der Waals surface area (Å²) in [5.74, 6) is 0. The lowest BCUT2D eigenvalue weighted by Gasteiger charge is -1.95. The zero-order valence-corrected chi connectivity index (χ0v) is 11.9. The van der Waals surface area contributed by atoms with Gasteiger partial charge in [-0.2, -0.15) is 0 Å². The minimum atomic E-state index is 1.05. The Balaban J connectivity index is 0.000000465. The van der Waals surface area contributed by atoms with E-state index in [1.807, 2.05) is 32.3 Å². The van der Waals surface area contributed by atoms with Crippen LogP contribution in [0.3, 0.4) is 0 Å². The van der Waals surface area contributed by atoms with Gasteiger partial charge in [-0.3, -0.25) is 4.98 Å². The molecular weight excluding hydrogens is 260 g/mol. The van der Waals surface area contributed by atoms with Crippen molar-refractivity contribution in [2.24, 2.45) is 10.9 Å². The van der Waals surface area contributed by atoms with Crippen LogP contribution >= 0.6 is 11.3 Å². The Labute approximate surface area is 117 Å². The van der Waals surface area contributed by atoms with Crippen LogP contribution in [-0.4, -0.2) is 21.9 Å². The summed E-state index contributed by atoms with van der Waals surface area (Å²) in [5, 5.41) is 10.4. The first-order valence-electron chi connectivity index (χ1n) is 5.37. The smallest absolute Gasteiger partial charge is 0.0900 e. The largest absolute Gasteiger partial charge is 0.411 e. The van der Waals surface area contributed by atoms with E-state index in [1.54, 1.807) is 11.3 Å². The fraction of sp³-hybridized carbons (Fsp3) is 0.154. The molecule has 0 amide bonds. The highest BCUT2D eigenvalue weighted by molar-refractivity contribution is 7.15. The SMILES string of the molecule is C=CN.C=NO.Cc1ccc(-c2cnc(C)s2)cn1. The number of hydrogen-bond acceptors (Lipinski definition) is 6. The van der Waals surface area contributed by atoms with Crippen molar-refractivity contribution in [1.82, 2.24) is 9.97 Å². The summed E-state index contributed by atoms with van der Waals surface area (Å²) in [5.41, 5.74) is 6.81. The van der Waals surface area contributed by atoms with Crippen LogP contribution in [0.1, 0.15) is 10.7 Å². The van der Waals surface area contributed by atoms with Gasteiger partial charge in [0.15, 0.2) is 0 Å². The van der Waals surface area contributed by atoms with Gasteiger partial charge in [-0.25, -0.2) is 4.98 Å². The molecule has 2 heterocycles. The molecule has 0 radical (unpaired) electrons. The second kappa shape index (κ2) is 9.78. The first-order valence-corrected chi connectivity index (χ1v) is 6.18. The number of hydrogen-bond donors (Lipinski definition) is 2. The van der Waals surface area contributed by atoms with Crippen molar-refractivity contribution in [2.45, 2.75) is 13.8 Å². The maximum atomic E-state index is 7.08. The molecule has 0 aliphatic heterocycles. The van der Waals surface area contributed by atoms with Crippen LogP contribution in [0.15, 0.2) is 42.5 Å². The average Bonchev–Trinajstić information content (AvgIpc) is 2.79. The summed E-state index contributed by atoms with van der Waals surface area (Å²) < 4.78 is 0. The molecule has 2 rings (SSSR count). The maximum absolute atomic E-state index is 7.08. The minimum absolute atomic E-state index is 1.05. The molecule has 0 saturated carbocycles. The van der Waals surface area contributed by atoms with E-state index >= 15 is 0 Å². The van der Waals surface area contributed by atoms with E-state index in [2.05, 4.69) is 40.2 Å². The fourth-order valence-electron chi connectivity index (χ4n) is 1.11. The predicted octanol–water partition coefficient (Wildman–Crippen LogP) is 2.99. The number of aromatic nitrogens is 2. The van der Waals surface area contributed by atoms with Crippen molar-refractivity contribution in [3.63, 3.8) is 0 Å². The summed E-state index contributed by atoms with van der Waals surface area (Å²) in [7, 11) is 0. The van der Waals surface area contributed by atoms with Gasteiger partial charge in [0.25, 0.3) is 0 Å². The highest BCUT2D eigenvalue weighted by Crippen LogP contribution is 2.24. The van der Waals surface area contributed by atoms with Crippen LogP contribution in [0.5, 0.6) is 0 Å².